The maximum Gasteiger partial charge on any atom is 0.305 e. The lowest BCUT2D eigenvalue weighted by Gasteiger charge is -2.23. The summed E-state index contributed by atoms with van der Waals surface area (Å²) >= 11 is 10.1. The zero-order valence-corrected chi connectivity index (χ0v) is 16.3. The average Bonchev–Trinajstić information content (AvgIpc) is 3.05. The van der Waals surface area contributed by atoms with E-state index in [1.54, 1.807) is 0 Å². The van der Waals surface area contributed by atoms with Gasteiger partial charge >= 0.3 is 5.97 Å². The fourth-order valence-electron chi connectivity index (χ4n) is 2.94. The summed E-state index contributed by atoms with van der Waals surface area (Å²) < 4.78 is 13.3. The van der Waals surface area contributed by atoms with Gasteiger partial charge in [-0.1, -0.05) is 23.8 Å². The monoisotopic (exact) mass is 426 g/mol. The molecule has 1 aromatic carbocycles. The van der Waals surface area contributed by atoms with Crippen molar-refractivity contribution >= 4 is 50.5 Å². The van der Waals surface area contributed by atoms with Gasteiger partial charge in [0, 0.05) is 28.5 Å². The first kappa shape index (κ1) is 18.4. The van der Waals surface area contributed by atoms with Crippen LogP contribution in [0.15, 0.2) is 22.8 Å². The molecule has 0 saturated carbocycles. The second-order valence-corrected chi connectivity index (χ2v) is 7.15. The Morgan fingerprint density at radius 3 is 3.12 bits per heavy atom. The summed E-state index contributed by atoms with van der Waals surface area (Å²) in [5, 5.41) is 6.13. The topological polar surface area (TPSA) is 53.3 Å². The lowest BCUT2D eigenvalue weighted by Crippen LogP contribution is -2.18. The van der Waals surface area contributed by atoms with Crippen molar-refractivity contribution in [2.45, 2.75) is 38.3 Å². The molecule has 0 amide bonds. The SMILES string of the molecule is COC(=O)CC/C=C\c1c(Cl)cc2c(cnn2C2CCCCO2)c1Br. The molecule has 0 bridgehead atoms. The van der Waals surface area contributed by atoms with Gasteiger partial charge in [-0.05, 0) is 47.7 Å². The van der Waals surface area contributed by atoms with E-state index in [1.807, 2.05) is 29.1 Å². The third-order valence-electron chi connectivity index (χ3n) is 4.28. The molecule has 5 nitrogen and oxygen atoms in total. The number of allylic oxidation sites excluding steroid dienone is 1. The van der Waals surface area contributed by atoms with Crippen LogP contribution in [0.4, 0.5) is 0 Å². The Hall–Kier alpha value is -1.37. The molecule has 1 aromatic heterocycles. The van der Waals surface area contributed by atoms with Crippen LogP contribution in [0.3, 0.4) is 0 Å². The van der Waals surface area contributed by atoms with Gasteiger partial charge in [0.15, 0.2) is 6.23 Å². The number of esters is 1. The van der Waals surface area contributed by atoms with E-state index >= 15 is 0 Å². The van der Waals surface area contributed by atoms with Gasteiger partial charge in [0.1, 0.15) is 0 Å². The Balaban J connectivity index is 1.86. The molecule has 1 fully saturated rings. The van der Waals surface area contributed by atoms with E-state index in [-0.39, 0.29) is 12.2 Å². The van der Waals surface area contributed by atoms with Crippen LogP contribution in [0.5, 0.6) is 0 Å². The van der Waals surface area contributed by atoms with Crippen molar-refractivity contribution in [3.63, 3.8) is 0 Å². The molecule has 0 spiro atoms. The summed E-state index contributed by atoms with van der Waals surface area (Å²) in [4.78, 5) is 11.2. The number of benzene rings is 1. The van der Waals surface area contributed by atoms with Crippen LogP contribution >= 0.6 is 27.5 Å². The molecule has 25 heavy (non-hydrogen) atoms. The highest BCUT2D eigenvalue weighted by atomic mass is 79.9. The van der Waals surface area contributed by atoms with Crippen molar-refractivity contribution in [3.05, 3.63) is 33.4 Å². The molecule has 3 rings (SSSR count). The number of aromatic nitrogens is 2. The minimum absolute atomic E-state index is 0.0318. The van der Waals surface area contributed by atoms with Crippen molar-refractivity contribution in [2.24, 2.45) is 0 Å². The molecule has 1 unspecified atom stereocenters. The van der Waals surface area contributed by atoms with Crippen LogP contribution in [0.25, 0.3) is 17.0 Å². The van der Waals surface area contributed by atoms with Gasteiger partial charge in [-0.15, -0.1) is 0 Å². The molecule has 2 aromatic rings. The average molecular weight is 428 g/mol. The first-order valence-electron chi connectivity index (χ1n) is 8.32. The third-order valence-corrected chi connectivity index (χ3v) is 5.45. The fraction of sp³-hybridized carbons (Fsp3) is 0.444. The maximum atomic E-state index is 11.2. The van der Waals surface area contributed by atoms with Gasteiger partial charge in [-0.25, -0.2) is 4.68 Å². The first-order valence-corrected chi connectivity index (χ1v) is 9.49. The smallest absolute Gasteiger partial charge is 0.305 e. The van der Waals surface area contributed by atoms with Crippen LogP contribution in [0.1, 0.15) is 43.9 Å². The predicted octanol–water partition coefficient (Wildman–Crippen LogP) is 5.12. The van der Waals surface area contributed by atoms with E-state index in [1.165, 1.54) is 7.11 Å². The second kappa shape index (κ2) is 8.34. The number of ether oxygens (including phenoxy) is 2. The van der Waals surface area contributed by atoms with E-state index in [4.69, 9.17) is 16.3 Å². The van der Waals surface area contributed by atoms with Crippen LogP contribution in [0.2, 0.25) is 5.02 Å². The van der Waals surface area contributed by atoms with E-state index in [2.05, 4.69) is 25.8 Å². The molecular formula is C18H20BrClN2O3. The number of methoxy groups -OCH3 is 1. The van der Waals surface area contributed by atoms with Crippen molar-refractivity contribution in [1.29, 1.82) is 0 Å². The number of fused-ring (bicyclic) bond motifs is 1. The molecular weight excluding hydrogens is 408 g/mol. The maximum absolute atomic E-state index is 11.2. The zero-order chi connectivity index (χ0) is 17.8. The lowest BCUT2D eigenvalue weighted by atomic mass is 10.1. The largest absolute Gasteiger partial charge is 0.469 e. The summed E-state index contributed by atoms with van der Waals surface area (Å²) in [6.45, 7) is 0.766. The van der Waals surface area contributed by atoms with Crippen molar-refractivity contribution in [2.75, 3.05) is 13.7 Å². The Morgan fingerprint density at radius 2 is 2.40 bits per heavy atom. The van der Waals surface area contributed by atoms with E-state index < -0.39 is 0 Å². The lowest BCUT2D eigenvalue weighted by molar-refractivity contribution is -0.140. The number of rotatable bonds is 5. The minimum Gasteiger partial charge on any atom is -0.469 e. The van der Waals surface area contributed by atoms with Gasteiger partial charge < -0.3 is 9.47 Å². The number of carbonyl (C=O) groups is 1. The van der Waals surface area contributed by atoms with E-state index in [9.17, 15) is 4.79 Å². The van der Waals surface area contributed by atoms with Gasteiger partial charge in [0.2, 0.25) is 0 Å². The van der Waals surface area contributed by atoms with Gasteiger partial charge in [-0.2, -0.15) is 5.10 Å². The molecule has 0 radical (unpaired) electrons. The normalized spacial score (nSPS) is 18.1. The van der Waals surface area contributed by atoms with Gasteiger partial charge in [0.05, 0.1) is 23.8 Å². The number of hydrogen-bond acceptors (Lipinski definition) is 4. The number of nitrogens with zero attached hydrogens (tertiary/aromatic N) is 2. The molecule has 1 aliphatic rings. The summed E-state index contributed by atoms with van der Waals surface area (Å²) in [7, 11) is 1.39. The van der Waals surface area contributed by atoms with Crippen molar-refractivity contribution in [3.8, 4) is 0 Å². The Labute approximate surface area is 160 Å². The van der Waals surface area contributed by atoms with Crippen LogP contribution in [0, 0.1) is 0 Å². The van der Waals surface area contributed by atoms with E-state index in [0.29, 0.717) is 17.9 Å². The molecule has 0 N–H and O–H groups in total. The van der Waals surface area contributed by atoms with Crippen LogP contribution in [-0.4, -0.2) is 29.5 Å². The third kappa shape index (κ3) is 4.07. The van der Waals surface area contributed by atoms with Gasteiger partial charge in [0.25, 0.3) is 0 Å². The highest BCUT2D eigenvalue weighted by Crippen LogP contribution is 2.36. The highest BCUT2D eigenvalue weighted by Gasteiger charge is 2.20. The molecule has 1 saturated heterocycles. The summed E-state index contributed by atoms with van der Waals surface area (Å²) in [6.07, 6.45) is 9.79. The standard InChI is InChI=1S/C18H20BrClN2O3/c1-24-17(23)8-3-2-6-12-14(20)10-15-13(18(12)19)11-21-22(15)16-7-4-5-9-25-16/h2,6,10-11,16H,3-5,7-9H2,1H3/b6-2-. The van der Waals surface area contributed by atoms with Gasteiger partial charge in [-0.3, -0.25) is 4.79 Å². The number of halogens is 2. The zero-order valence-electron chi connectivity index (χ0n) is 14.0. The van der Waals surface area contributed by atoms with Crippen LogP contribution < -0.4 is 0 Å². The molecule has 0 aliphatic carbocycles. The van der Waals surface area contributed by atoms with Crippen molar-refractivity contribution in [1.82, 2.24) is 9.78 Å². The number of carbonyl (C=O) groups excluding carboxylic acids is 1. The first-order chi connectivity index (χ1) is 12.1. The summed E-state index contributed by atoms with van der Waals surface area (Å²) in [5.41, 5.74) is 1.83. The molecule has 2 heterocycles. The fourth-order valence-corrected chi connectivity index (χ4v) is 3.96. The van der Waals surface area contributed by atoms with Crippen molar-refractivity contribution < 1.29 is 14.3 Å². The molecule has 7 heteroatoms. The summed E-state index contributed by atoms with van der Waals surface area (Å²) in [6, 6.07) is 1.92. The number of hydrogen-bond donors (Lipinski definition) is 0. The minimum atomic E-state index is -0.223. The summed E-state index contributed by atoms with van der Waals surface area (Å²) in [5.74, 6) is -0.223. The molecule has 1 atom stereocenters. The highest BCUT2D eigenvalue weighted by molar-refractivity contribution is 9.10. The Kier molecular flexibility index (Phi) is 6.15. The quantitative estimate of drug-likeness (QED) is 0.622. The van der Waals surface area contributed by atoms with E-state index in [0.717, 1.165) is 46.8 Å². The second-order valence-electron chi connectivity index (χ2n) is 5.95. The molecule has 134 valence electrons. The predicted molar refractivity (Wildman–Crippen MR) is 102 cm³/mol. The Morgan fingerprint density at radius 1 is 1.56 bits per heavy atom. The molecule has 1 aliphatic heterocycles. The van der Waals surface area contributed by atoms with Crippen LogP contribution in [-0.2, 0) is 14.3 Å². The Bertz CT molecular complexity index is 797.